The van der Waals surface area contributed by atoms with Crippen LogP contribution in [0.1, 0.15) is 26.3 Å². The minimum absolute atomic E-state index is 0.0208. The number of anilines is 1. The molecule has 1 saturated heterocycles. The van der Waals surface area contributed by atoms with E-state index in [0.29, 0.717) is 13.1 Å². The van der Waals surface area contributed by atoms with Crippen molar-refractivity contribution in [3.8, 4) is 0 Å². The summed E-state index contributed by atoms with van der Waals surface area (Å²) in [5, 5.41) is 0. The van der Waals surface area contributed by atoms with E-state index in [-0.39, 0.29) is 12.1 Å². The Balaban J connectivity index is 2.13. The van der Waals surface area contributed by atoms with Gasteiger partial charge >= 0.3 is 0 Å². The van der Waals surface area contributed by atoms with Crippen molar-refractivity contribution >= 4 is 11.7 Å². The van der Waals surface area contributed by atoms with Gasteiger partial charge in [0.25, 0.3) is 5.91 Å². The van der Waals surface area contributed by atoms with E-state index >= 15 is 0 Å². The first-order valence-electron chi connectivity index (χ1n) is 7.04. The number of hydrogen-bond acceptors (Lipinski definition) is 3. The minimum Gasteiger partial charge on any atom is -0.353 e. The van der Waals surface area contributed by atoms with Crippen molar-refractivity contribution in [1.29, 1.82) is 0 Å². The molecule has 1 amide bonds. The largest absolute Gasteiger partial charge is 0.353 e. The molecule has 0 aliphatic carbocycles. The van der Waals surface area contributed by atoms with Crippen LogP contribution >= 0.6 is 0 Å². The number of aryl methyl sites for hydroxylation is 1. The predicted octanol–water partition coefficient (Wildman–Crippen LogP) is 2.17. The molecule has 2 heterocycles. The number of nitrogens with zero attached hydrogens (tertiary/aromatic N) is 3. The van der Waals surface area contributed by atoms with E-state index < -0.39 is 12.1 Å². The maximum Gasteiger partial charge on any atom is 0.257 e. The maximum absolute atomic E-state index is 13.3. The summed E-state index contributed by atoms with van der Waals surface area (Å²) in [5.41, 5.74) is 1.12. The van der Waals surface area contributed by atoms with Crippen molar-refractivity contribution in [2.45, 2.75) is 46.0 Å². The van der Waals surface area contributed by atoms with Gasteiger partial charge in [-0.3, -0.25) is 4.79 Å². The van der Waals surface area contributed by atoms with Crippen LogP contribution < -0.4 is 4.90 Å². The zero-order chi connectivity index (χ0) is 14.9. The summed E-state index contributed by atoms with van der Waals surface area (Å²) in [6.45, 7) is 8.57. The molecule has 2 rings (SSSR count). The molecule has 1 aliphatic heterocycles. The van der Waals surface area contributed by atoms with Gasteiger partial charge in [0.05, 0.1) is 0 Å². The predicted molar refractivity (Wildman–Crippen MR) is 77.5 cm³/mol. The van der Waals surface area contributed by atoms with Gasteiger partial charge in [0.15, 0.2) is 6.17 Å². The molecule has 1 aromatic heterocycles. The van der Waals surface area contributed by atoms with Gasteiger partial charge in [0, 0.05) is 31.4 Å². The van der Waals surface area contributed by atoms with Gasteiger partial charge in [-0.15, -0.1) is 0 Å². The third kappa shape index (κ3) is 2.92. The van der Waals surface area contributed by atoms with Gasteiger partial charge in [-0.25, -0.2) is 9.37 Å². The van der Waals surface area contributed by atoms with E-state index in [1.807, 2.05) is 39.1 Å². The van der Waals surface area contributed by atoms with Crippen LogP contribution in [0.25, 0.3) is 0 Å². The number of carbonyl (C=O) groups excluding carboxylic acids is 1. The first-order valence-corrected chi connectivity index (χ1v) is 7.04. The Morgan fingerprint density at radius 3 is 2.40 bits per heavy atom. The van der Waals surface area contributed by atoms with Crippen LogP contribution in [0.2, 0.25) is 0 Å². The van der Waals surface area contributed by atoms with Gasteiger partial charge in [-0.05, 0) is 39.3 Å². The topological polar surface area (TPSA) is 36.4 Å². The Morgan fingerprint density at radius 2 is 1.95 bits per heavy atom. The molecule has 110 valence electrons. The molecule has 0 aromatic carbocycles. The summed E-state index contributed by atoms with van der Waals surface area (Å²) in [6.07, 6.45) is 0.398. The average Bonchev–Trinajstić information content (AvgIpc) is 2.38. The first kappa shape index (κ1) is 14.8. The molecule has 5 heteroatoms. The van der Waals surface area contributed by atoms with Crippen LogP contribution in [0.5, 0.6) is 0 Å². The SMILES string of the molecule is Cc1ccc(N2C[C@@H](C)N(C(=O)C(C)F)[C@@H](C)C2)nc1. The van der Waals surface area contributed by atoms with Crippen molar-refractivity contribution in [3.05, 3.63) is 23.9 Å². The second kappa shape index (κ2) is 5.77. The number of aromatic nitrogens is 1. The quantitative estimate of drug-likeness (QED) is 0.832. The van der Waals surface area contributed by atoms with E-state index in [4.69, 9.17) is 0 Å². The fourth-order valence-corrected chi connectivity index (χ4v) is 2.80. The van der Waals surface area contributed by atoms with Crippen LogP contribution in [0, 0.1) is 6.92 Å². The Bertz CT molecular complexity index is 463. The number of pyridine rings is 1. The Labute approximate surface area is 119 Å². The summed E-state index contributed by atoms with van der Waals surface area (Å²) < 4.78 is 13.3. The van der Waals surface area contributed by atoms with Crippen molar-refractivity contribution < 1.29 is 9.18 Å². The van der Waals surface area contributed by atoms with Gasteiger partial charge in [-0.2, -0.15) is 0 Å². The monoisotopic (exact) mass is 279 g/mol. The van der Waals surface area contributed by atoms with Crippen molar-refractivity contribution in [3.63, 3.8) is 0 Å². The molecule has 0 radical (unpaired) electrons. The maximum atomic E-state index is 13.3. The lowest BCUT2D eigenvalue weighted by molar-refractivity contribution is -0.140. The summed E-state index contributed by atoms with van der Waals surface area (Å²) in [6, 6.07) is 3.98. The molecular weight excluding hydrogens is 257 g/mol. The molecule has 0 saturated carbocycles. The second-order valence-corrected chi connectivity index (χ2v) is 5.66. The highest BCUT2D eigenvalue weighted by molar-refractivity contribution is 5.81. The zero-order valence-electron chi connectivity index (χ0n) is 12.5. The normalized spacial score (nSPS) is 24.6. The molecule has 4 nitrogen and oxygen atoms in total. The lowest BCUT2D eigenvalue weighted by atomic mass is 10.1. The molecule has 3 atom stereocenters. The van der Waals surface area contributed by atoms with Crippen LogP contribution in [0.3, 0.4) is 0 Å². The molecule has 0 spiro atoms. The zero-order valence-corrected chi connectivity index (χ0v) is 12.5. The van der Waals surface area contributed by atoms with Crippen LogP contribution in [-0.4, -0.2) is 47.1 Å². The van der Waals surface area contributed by atoms with Crippen molar-refractivity contribution in [2.24, 2.45) is 0 Å². The summed E-state index contributed by atoms with van der Waals surface area (Å²) in [4.78, 5) is 20.2. The summed E-state index contributed by atoms with van der Waals surface area (Å²) in [7, 11) is 0. The molecule has 20 heavy (non-hydrogen) atoms. The van der Waals surface area contributed by atoms with E-state index in [9.17, 15) is 9.18 Å². The van der Waals surface area contributed by atoms with Gasteiger partial charge in [-0.1, -0.05) is 6.07 Å². The number of amides is 1. The van der Waals surface area contributed by atoms with E-state index in [1.165, 1.54) is 6.92 Å². The molecule has 0 N–H and O–H groups in total. The number of halogens is 1. The van der Waals surface area contributed by atoms with E-state index in [1.54, 1.807) is 4.90 Å². The van der Waals surface area contributed by atoms with Crippen molar-refractivity contribution in [1.82, 2.24) is 9.88 Å². The third-order valence-corrected chi connectivity index (χ3v) is 3.73. The van der Waals surface area contributed by atoms with Gasteiger partial charge in [0.1, 0.15) is 5.82 Å². The third-order valence-electron chi connectivity index (χ3n) is 3.73. The standard InChI is InChI=1S/C15H22FN3O/c1-10-5-6-14(17-7-10)18-8-11(2)19(12(3)9-18)15(20)13(4)16/h5-7,11-13H,8-9H2,1-4H3/t11-,12+,13?. The lowest BCUT2D eigenvalue weighted by Crippen LogP contribution is -2.60. The van der Waals surface area contributed by atoms with Gasteiger partial charge in [0.2, 0.25) is 0 Å². The molecule has 1 fully saturated rings. The molecular formula is C15H22FN3O. The summed E-state index contributed by atoms with van der Waals surface area (Å²) in [5.74, 6) is 0.496. The number of rotatable bonds is 2. The number of piperazine rings is 1. The van der Waals surface area contributed by atoms with E-state index in [2.05, 4.69) is 9.88 Å². The first-order chi connectivity index (χ1) is 9.40. The number of carbonyl (C=O) groups is 1. The minimum atomic E-state index is -1.44. The highest BCUT2D eigenvalue weighted by atomic mass is 19.1. The molecule has 0 bridgehead atoms. The van der Waals surface area contributed by atoms with E-state index in [0.717, 1.165) is 11.4 Å². The molecule has 1 unspecified atom stereocenters. The van der Waals surface area contributed by atoms with Crippen LogP contribution in [0.4, 0.5) is 10.2 Å². The Kier molecular flexibility index (Phi) is 4.26. The fraction of sp³-hybridized carbons (Fsp3) is 0.600. The van der Waals surface area contributed by atoms with Crippen LogP contribution in [-0.2, 0) is 4.79 Å². The fourth-order valence-electron chi connectivity index (χ4n) is 2.80. The van der Waals surface area contributed by atoms with Crippen LogP contribution in [0.15, 0.2) is 18.3 Å². The Hall–Kier alpha value is -1.65. The Morgan fingerprint density at radius 1 is 1.35 bits per heavy atom. The summed E-state index contributed by atoms with van der Waals surface area (Å²) >= 11 is 0. The lowest BCUT2D eigenvalue weighted by Gasteiger charge is -2.45. The highest BCUT2D eigenvalue weighted by Crippen LogP contribution is 2.22. The number of alkyl halides is 1. The van der Waals surface area contributed by atoms with Gasteiger partial charge < -0.3 is 9.80 Å². The molecule has 1 aromatic rings. The average molecular weight is 279 g/mol. The van der Waals surface area contributed by atoms with Crippen molar-refractivity contribution in [2.75, 3.05) is 18.0 Å². The highest BCUT2D eigenvalue weighted by Gasteiger charge is 2.35. The number of hydrogen-bond donors (Lipinski definition) is 0. The smallest absolute Gasteiger partial charge is 0.257 e. The second-order valence-electron chi connectivity index (χ2n) is 5.66. The molecule has 1 aliphatic rings.